The number of esters is 1. The van der Waals surface area contributed by atoms with E-state index >= 15 is 0 Å². The number of unbranched alkanes of at least 4 members (excludes halogenated alkanes) is 26. The zero-order valence-electron chi connectivity index (χ0n) is 43.2. The first-order valence-corrected chi connectivity index (χ1v) is 28.5. The normalized spacial score (nSPS) is 14.0. The second kappa shape index (κ2) is 48.6. The van der Waals surface area contributed by atoms with Gasteiger partial charge in [0.25, 0.3) is 7.82 Å². The first kappa shape index (κ1) is 63.2. The van der Waals surface area contributed by atoms with Crippen molar-refractivity contribution in [2.75, 3.05) is 54.1 Å². The number of ether oxygens (including phenoxy) is 2. The van der Waals surface area contributed by atoms with E-state index in [4.69, 9.17) is 18.5 Å². The summed E-state index contributed by atoms with van der Waals surface area (Å²) in [5.41, 5.74) is 0. The summed E-state index contributed by atoms with van der Waals surface area (Å²) in [6, 6.07) is 0. The molecule has 0 aromatic heterocycles. The molecule has 0 aliphatic rings. The van der Waals surface area contributed by atoms with E-state index in [0.29, 0.717) is 24.1 Å². The Morgan fingerprint density at radius 3 is 1.29 bits per heavy atom. The van der Waals surface area contributed by atoms with Gasteiger partial charge in [-0.2, -0.15) is 0 Å². The minimum absolute atomic E-state index is 0.0217. The second-order valence-corrected chi connectivity index (χ2v) is 20.6. The van der Waals surface area contributed by atoms with Gasteiger partial charge in [0, 0.05) is 13.0 Å². The first-order chi connectivity index (χ1) is 31.6. The summed E-state index contributed by atoms with van der Waals surface area (Å²) in [5, 5.41) is 0. The molecular weight excluding hydrogens is 830 g/mol. The maximum atomic E-state index is 12.8. The Hall–Kier alpha value is -1.80. The lowest BCUT2D eigenvalue weighted by Gasteiger charge is -2.28. The van der Waals surface area contributed by atoms with Gasteiger partial charge in [0.05, 0.1) is 34.4 Å². The minimum Gasteiger partial charge on any atom is -0.756 e. The molecule has 0 spiro atoms. The fraction of sp³-hybridized carbons (Fsp3) is 0.804. The predicted molar refractivity (Wildman–Crippen MR) is 277 cm³/mol. The molecule has 0 aliphatic carbocycles. The van der Waals surface area contributed by atoms with Crippen LogP contribution in [0.3, 0.4) is 0 Å². The summed E-state index contributed by atoms with van der Waals surface area (Å²) in [7, 11) is 1.35. The molecule has 0 heterocycles. The molecule has 0 fully saturated rings. The number of carbonyl (C=O) groups is 1. The van der Waals surface area contributed by atoms with Gasteiger partial charge in [0.15, 0.2) is 0 Å². The van der Waals surface area contributed by atoms with Crippen LogP contribution in [0, 0.1) is 0 Å². The molecular formula is C56H104NO7P. The fourth-order valence-electron chi connectivity index (χ4n) is 7.35. The summed E-state index contributed by atoms with van der Waals surface area (Å²) in [5.74, 6) is -0.339. The van der Waals surface area contributed by atoms with E-state index < -0.39 is 13.9 Å². The van der Waals surface area contributed by atoms with Crippen molar-refractivity contribution < 1.29 is 37.3 Å². The van der Waals surface area contributed by atoms with Gasteiger partial charge in [-0.05, 0) is 83.5 Å². The van der Waals surface area contributed by atoms with Gasteiger partial charge in [-0.15, -0.1) is 0 Å². The maximum absolute atomic E-state index is 12.8. The van der Waals surface area contributed by atoms with Crippen molar-refractivity contribution in [3.8, 4) is 0 Å². The molecule has 2 atom stereocenters. The van der Waals surface area contributed by atoms with E-state index in [1.54, 1.807) is 0 Å². The number of phosphoric ester groups is 1. The smallest absolute Gasteiger partial charge is 0.306 e. The van der Waals surface area contributed by atoms with E-state index in [1.165, 1.54) is 154 Å². The lowest BCUT2D eigenvalue weighted by atomic mass is 10.0. The number of likely N-dealkylation sites (N-methyl/N-ethyl adjacent to an activating group) is 1. The average molecular weight is 934 g/mol. The quantitative estimate of drug-likeness (QED) is 0.0197. The summed E-state index contributed by atoms with van der Waals surface area (Å²) in [4.78, 5) is 25.2. The molecule has 0 radical (unpaired) electrons. The predicted octanol–water partition coefficient (Wildman–Crippen LogP) is 16.2. The summed E-state index contributed by atoms with van der Waals surface area (Å²) < 4.78 is 34.8. The van der Waals surface area contributed by atoms with Crippen molar-refractivity contribution in [2.24, 2.45) is 0 Å². The van der Waals surface area contributed by atoms with Crippen molar-refractivity contribution in [2.45, 2.75) is 238 Å². The number of nitrogens with zero attached hydrogens (tertiary/aromatic N) is 1. The maximum Gasteiger partial charge on any atom is 0.306 e. The third kappa shape index (κ3) is 53.0. The molecule has 9 heteroatoms. The third-order valence-corrected chi connectivity index (χ3v) is 12.5. The van der Waals surface area contributed by atoms with Crippen LogP contribution in [0.5, 0.6) is 0 Å². The van der Waals surface area contributed by atoms with Crippen LogP contribution in [-0.2, 0) is 27.9 Å². The standard InChI is InChI=1S/C56H104NO7P/c1-6-8-10-12-14-16-18-20-22-24-26-28-29-30-31-33-35-37-39-41-43-45-47-49-56(58)64-55(54-63-65(59,60)62-52-50-57(3,4)5)53-61-51-48-46-44-42-40-38-36-34-32-27-25-23-21-19-17-15-13-11-9-7-2/h15,17-18,20-21,23-24,26-27,32,55H,6-14,16,19,22,25,28-31,33-54H2,1-5H3/b17-15-,20-18-,23-21-,26-24-,32-27-. The molecule has 2 unspecified atom stereocenters. The molecule has 0 aromatic rings. The van der Waals surface area contributed by atoms with E-state index in [2.05, 4.69) is 74.6 Å². The summed E-state index contributed by atoms with van der Waals surface area (Å²) >= 11 is 0. The number of allylic oxidation sites excluding steroid dienone is 10. The van der Waals surface area contributed by atoms with Gasteiger partial charge >= 0.3 is 5.97 Å². The Morgan fingerprint density at radius 2 is 0.846 bits per heavy atom. The number of carbonyl (C=O) groups excluding carboxylic acids is 1. The van der Waals surface area contributed by atoms with Crippen LogP contribution in [0.25, 0.3) is 0 Å². The number of hydrogen-bond acceptors (Lipinski definition) is 7. The Balaban J connectivity index is 4.14. The van der Waals surface area contributed by atoms with Crippen molar-refractivity contribution >= 4 is 13.8 Å². The van der Waals surface area contributed by atoms with Gasteiger partial charge in [-0.3, -0.25) is 9.36 Å². The largest absolute Gasteiger partial charge is 0.756 e. The van der Waals surface area contributed by atoms with Crippen LogP contribution in [-0.4, -0.2) is 70.7 Å². The number of rotatable bonds is 50. The van der Waals surface area contributed by atoms with Crippen molar-refractivity contribution in [1.82, 2.24) is 0 Å². The van der Waals surface area contributed by atoms with Crippen molar-refractivity contribution in [1.29, 1.82) is 0 Å². The molecule has 0 saturated heterocycles. The Kier molecular flexibility index (Phi) is 47.3. The van der Waals surface area contributed by atoms with Crippen LogP contribution in [0.1, 0.15) is 232 Å². The van der Waals surface area contributed by atoms with Crippen LogP contribution in [0.15, 0.2) is 60.8 Å². The van der Waals surface area contributed by atoms with Crippen LogP contribution in [0.2, 0.25) is 0 Å². The van der Waals surface area contributed by atoms with Gasteiger partial charge in [0.1, 0.15) is 19.3 Å². The molecule has 0 rings (SSSR count). The Labute approximate surface area is 402 Å². The molecule has 0 saturated carbocycles. The lowest BCUT2D eigenvalue weighted by Crippen LogP contribution is -2.37. The zero-order valence-corrected chi connectivity index (χ0v) is 44.1. The molecule has 0 aliphatic heterocycles. The van der Waals surface area contributed by atoms with Gasteiger partial charge < -0.3 is 27.9 Å². The average Bonchev–Trinajstić information content (AvgIpc) is 3.27. The highest BCUT2D eigenvalue weighted by Crippen LogP contribution is 2.38. The van der Waals surface area contributed by atoms with Gasteiger partial charge in [0.2, 0.25) is 0 Å². The number of quaternary nitrogens is 1. The van der Waals surface area contributed by atoms with E-state index in [1.807, 2.05) is 21.1 Å². The first-order valence-electron chi connectivity index (χ1n) is 27.0. The van der Waals surface area contributed by atoms with Crippen molar-refractivity contribution in [3.63, 3.8) is 0 Å². The van der Waals surface area contributed by atoms with Crippen LogP contribution >= 0.6 is 7.82 Å². The molecule has 0 amide bonds. The SMILES string of the molecule is CCCCC/C=C\C/C=C\C/C=C\CCCCCCCCCOCC(COP(=O)([O-])OCC[N+](C)(C)C)OC(=O)CCCCCCCCCCCCC/C=C\C/C=C\CCCCCCC. The summed E-state index contributed by atoms with van der Waals surface area (Å²) in [6.45, 7) is 5.37. The molecule has 0 aromatic carbocycles. The van der Waals surface area contributed by atoms with Gasteiger partial charge in [-0.1, -0.05) is 203 Å². The van der Waals surface area contributed by atoms with Gasteiger partial charge in [-0.25, -0.2) is 0 Å². The van der Waals surface area contributed by atoms with Crippen LogP contribution < -0.4 is 4.89 Å². The minimum atomic E-state index is -4.54. The Morgan fingerprint density at radius 1 is 0.477 bits per heavy atom. The van der Waals surface area contributed by atoms with E-state index in [0.717, 1.165) is 57.8 Å². The molecule has 0 bridgehead atoms. The lowest BCUT2D eigenvalue weighted by molar-refractivity contribution is -0.870. The molecule has 8 nitrogen and oxygen atoms in total. The highest BCUT2D eigenvalue weighted by Gasteiger charge is 2.20. The molecule has 0 N–H and O–H groups in total. The third-order valence-electron chi connectivity index (χ3n) is 11.5. The summed E-state index contributed by atoms with van der Waals surface area (Å²) in [6.07, 6.45) is 62.4. The molecule has 380 valence electrons. The fourth-order valence-corrected chi connectivity index (χ4v) is 8.08. The van der Waals surface area contributed by atoms with E-state index in [9.17, 15) is 14.3 Å². The molecule has 65 heavy (non-hydrogen) atoms. The monoisotopic (exact) mass is 934 g/mol. The topological polar surface area (TPSA) is 94.1 Å². The zero-order chi connectivity index (χ0) is 47.6. The Bertz CT molecular complexity index is 1220. The highest BCUT2D eigenvalue weighted by atomic mass is 31.2. The number of phosphoric acid groups is 1. The van der Waals surface area contributed by atoms with Crippen LogP contribution in [0.4, 0.5) is 0 Å². The van der Waals surface area contributed by atoms with E-state index in [-0.39, 0.29) is 25.8 Å². The number of hydrogen-bond donors (Lipinski definition) is 0. The second-order valence-electron chi connectivity index (χ2n) is 19.2. The highest BCUT2D eigenvalue weighted by molar-refractivity contribution is 7.45. The van der Waals surface area contributed by atoms with Crippen molar-refractivity contribution in [3.05, 3.63) is 60.8 Å².